The third-order valence-corrected chi connectivity index (χ3v) is 2.91. The van der Waals surface area contributed by atoms with Crippen molar-refractivity contribution in [2.45, 2.75) is 26.8 Å². The zero-order valence-electron chi connectivity index (χ0n) is 9.20. The molecule has 16 heavy (non-hydrogen) atoms. The minimum atomic E-state index is -0.266. The number of H-pyrrole nitrogens is 2. The van der Waals surface area contributed by atoms with Gasteiger partial charge in [0.25, 0.3) is 0 Å². The zero-order valence-corrected chi connectivity index (χ0v) is 10.0. The molecule has 0 fully saturated rings. The second-order valence-electron chi connectivity index (χ2n) is 3.64. The quantitative estimate of drug-likeness (QED) is 0.778. The zero-order chi connectivity index (χ0) is 11.9. The Labute approximate surface area is 96.3 Å². The van der Waals surface area contributed by atoms with Crippen molar-refractivity contribution in [3.63, 3.8) is 0 Å². The smallest absolute Gasteiger partial charge is 0.342 e. The van der Waals surface area contributed by atoms with E-state index in [0.29, 0.717) is 10.5 Å². The van der Waals surface area contributed by atoms with Crippen molar-refractivity contribution < 1.29 is 4.52 Å². The molecule has 0 saturated carbocycles. The Balaban J connectivity index is 2.60. The second-order valence-corrected chi connectivity index (χ2v) is 4.03. The molecule has 2 aromatic rings. The first-order chi connectivity index (χ1) is 7.52. The molecule has 0 radical (unpaired) electrons. The monoisotopic (exact) mass is 240 g/mol. The van der Waals surface area contributed by atoms with Gasteiger partial charge in [0.1, 0.15) is 5.76 Å². The average molecular weight is 240 g/mol. The van der Waals surface area contributed by atoms with Crippen LogP contribution in [0, 0.1) is 18.6 Å². The first-order valence-corrected chi connectivity index (χ1v) is 5.25. The minimum absolute atomic E-state index is 0.200. The molecule has 1 atom stereocenters. The number of nitrogens with one attached hydrogen (secondary N) is 2. The highest BCUT2D eigenvalue weighted by molar-refractivity contribution is 7.71. The second kappa shape index (κ2) is 3.75. The molecule has 0 saturated heterocycles. The molecule has 1 unspecified atom stereocenters. The van der Waals surface area contributed by atoms with Gasteiger partial charge in [0, 0.05) is 5.56 Å². The Kier molecular flexibility index (Phi) is 2.55. The number of hydrogen-bond donors (Lipinski definition) is 2. The van der Waals surface area contributed by atoms with Gasteiger partial charge in [0.05, 0.1) is 11.7 Å². The lowest BCUT2D eigenvalue weighted by Gasteiger charge is -2.10. The standard InChI is InChI=1S/C9H12N4O2S/c1-4-7(6(3)15-12-4)5(2)13-8(14)10-11-9(13)16/h5H,1-3H3,(H,10,14)(H,11,16). The van der Waals surface area contributed by atoms with Crippen molar-refractivity contribution in [1.82, 2.24) is 19.9 Å². The Morgan fingerprint density at radius 3 is 2.56 bits per heavy atom. The van der Waals surface area contributed by atoms with E-state index < -0.39 is 0 Å². The molecule has 0 aliphatic rings. The largest absolute Gasteiger partial charge is 0.361 e. The van der Waals surface area contributed by atoms with Crippen LogP contribution >= 0.6 is 12.2 Å². The molecule has 0 aromatic carbocycles. The van der Waals surface area contributed by atoms with Gasteiger partial charge in [0.15, 0.2) is 4.77 Å². The summed E-state index contributed by atoms with van der Waals surface area (Å²) in [4.78, 5) is 11.6. The van der Waals surface area contributed by atoms with E-state index in [2.05, 4.69) is 15.4 Å². The molecule has 2 rings (SSSR count). The topological polar surface area (TPSA) is 79.6 Å². The molecule has 7 heteroatoms. The van der Waals surface area contributed by atoms with Crippen molar-refractivity contribution in [3.05, 3.63) is 32.3 Å². The van der Waals surface area contributed by atoms with Crippen LogP contribution in [0.1, 0.15) is 30.0 Å². The molecule has 0 spiro atoms. The van der Waals surface area contributed by atoms with Crippen LogP contribution in [0.25, 0.3) is 0 Å². The average Bonchev–Trinajstić information content (AvgIpc) is 2.71. The summed E-state index contributed by atoms with van der Waals surface area (Å²) in [6.45, 7) is 5.54. The minimum Gasteiger partial charge on any atom is -0.361 e. The molecule has 0 aliphatic heterocycles. The molecule has 2 heterocycles. The van der Waals surface area contributed by atoms with Crippen LogP contribution in [0.2, 0.25) is 0 Å². The highest BCUT2D eigenvalue weighted by atomic mass is 32.1. The fourth-order valence-corrected chi connectivity index (χ4v) is 2.18. The van der Waals surface area contributed by atoms with E-state index in [1.165, 1.54) is 4.57 Å². The fraction of sp³-hybridized carbons (Fsp3) is 0.444. The predicted molar refractivity (Wildman–Crippen MR) is 60.0 cm³/mol. The van der Waals surface area contributed by atoms with Gasteiger partial charge in [-0.15, -0.1) is 0 Å². The molecule has 6 nitrogen and oxygen atoms in total. The molecule has 0 amide bonds. The van der Waals surface area contributed by atoms with Gasteiger partial charge < -0.3 is 4.52 Å². The lowest BCUT2D eigenvalue weighted by molar-refractivity contribution is 0.390. The van der Waals surface area contributed by atoms with E-state index in [1.807, 2.05) is 20.8 Å². The maximum atomic E-state index is 11.6. The van der Waals surface area contributed by atoms with Crippen LogP contribution < -0.4 is 5.69 Å². The van der Waals surface area contributed by atoms with E-state index in [1.54, 1.807) is 0 Å². The summed E-state index contributed by atoms with van der Waals surface area (Å²) in [7, 11) is 0. The SMILES string of the molecule is Cc1noc(C)c1C(C)n1c(=O)[nH][nH]c1=S. The predicted octanol–water partition coefficient (Wildman–Crippen LogP) is 1.45. The van der Waals surface area contributed by atoms with Crippen LogP contribution in [0.4, 0.5) is 0 Å². The maximum Gasteiger partial charge on any atom is 0.342 e. The van der Waals surface area contributed by atoms with E-state index >= 15 is 0 Å². The van der Waals surface area contributed by atoms with Crippen LogP contribution in [-0.4, -0.2) is 19.9 Å². The van der Waals surface area contributed by atoms with Gasteiger partial charge in [-0.3, -0.25) is 9.67 Å². The van der Waals surface area contributed by atoms with Gasteiger partial charge in [-0.1, -0.05) is 5.16 Å². The van der Waals surface area contributed by atoms with Crippen LogP contribution in [0.15, 0.2) is 9.32 Å². The Morgan fingerprint density at radius 2 is 2.12 bits per heavy atom. The number of hydrogen-bond acceptors (Lipinski definition) is 4. The van der Waals surface area contributed by atoms with Crippen molar-refractivity contribution in [1.29, 1.82) is 0 Å². The first-order valence-electron chi connectivity index (χ1n) is 4.84. The van der Waals surface area contributed by atoms with Crippen molar-refractivity contribution >= 4 is 12.2 Å². The van der Waals surface area contributed by atoms with Crippen molar-refractivity contribution in [2.75, 3.05) is 0 Å². The van der Waals surface area contributed by atoms with E-state index in [-0.39, 0.29) is 11.7 Å². The molecule has 86 valence electrons. The van der Waals surface area contributed by atoms with Gasteiger partial charge in [-0.05, 0) is 33.0 Å². The van der Waals surface area contributed by atoms with Crippen LogP contribution in [0.5, 0.6) is 0 Å². The van der Waals surface area contributed by atoms with Crippen LogP contribution in [-0.2, 0) is 0 Å². The Bertz CT molecular complexity index is 571. The van der Waals surface area contributed by atoms with Gasteiger partial charge in [-0.2, -0.15) is 0 Å². The van der Waals surface area contributed by atoms with Crippen LogP contribution in [0.3, 0.4) is 0 Å². The van der Waals surface area contributed by atoms with Gasteiger partial charge in [-0.25, -0.2) is 9.89 Å². The summed E-state index contributed by atoms with van der Waals surface area (Å²) in [5.41, 5.74) is 1.39. The number of aryl methyl sites for hydroxylation is 2. The molecule has 2 N–H and O–H groups in total. The normalized spacial score (nSPS) is 12.9. The summed E-state index contributed by atoms with van der Waals surface area (Å²) in [5, 5.41) is 8.92. The highest BCUT2D eigenvalue weighted by Crippen LogP contribution is 2.23. The van der Waals surface area contributed by atoms with Gasteiger partial charge in [0.2, 0.25) is 0 Å². The van der Waals surface area contributed by atoms with E-state index in [0.717, 1.165) is 11.3 Å². The third-order valence-electron chi connectivity index (χ3n) is 2.61. The van der Waals surface area contributed by atoms with Crippen molar-refractivity contribution in [3.8, 4) is 0 Å². The molecular formula is C9H12N4O2S. The fourth-order valence-electron chi connectivity index (χ4n) is 1.89. The molecule has 0 aliphatic carbocycles. The summed E-state index contributed by atoms with van der Waals surface area (Å²) in [6.07, 6.45) is 0. The molecule has 2 aromatic heterocycles. The van der Waals surface area contributed by atoms with Crippen molar-refractivity contribution in [2.24, 2.45) is 0 Å². The summed E-state index contributed by atoms with van der Waals surface area (Å²) < 4.78 is 6.89. The number of aromatic nitrogens is 4. The van der Waals surface area contributed by atoms with Gasteiger partial charge >= 0.3 is 5.69 Å². The molecule has 0 bridgehead atoms. The number of rotatable bonds is 2. The Hall–Kier alpha value is -1.63. The lowest BCUT2D eigenvalue weighted by atomic mass is 10.1. The maximum absolute atomic E-state index is 11.6. The summed E-state index contributed by atoms with van der Waals surface area (Å²) >= 11 is 5.03. The summed E-state index contributed by atoms with van der Waals surface area (Å²) in [5.74, 6) is 0.701. The number of nitrogens with zero attached hydrogens (tertiary/aromatic N) is 2. The van der Waals surface area contributed by atoms with E-state index in [4.69, 9.17) is 16.7 Å². The lowest BCUT2D eigenvalue weighted by Crippen LogP contribution is -2.22. The summed E-state index contributed by atoms with van der Waals surface area (Å²) in [6, 6.07) is -0.200. The molecular weight excluding hydrogens is 228 g/mol. The highest BCUT2D eigenvalue weighted by Gasteiger charge is 2.20. The third kappa shape index (κ3) is 1.53. The number of aromatic amines is 2. The first kappa shape index (κ1) is 10.9. The Morgan fingerprint density at radius 1 is 1.44 bits per heavy atom. The van der Waals surface area contributed by atoms with E-state index in [9.17, 15) is 4.79 Å².